The van der Waals surface area contributed by atoms with Gasteiger partial charge in [0.2, 0.25) is 5.28 Å². The van der Waals surface area contributed by atoms with Gasteiger partial charge in [0.05, 0.1) is 10.2 Å². The van der Waals surface area contributed by atoms with E-state index in [9.17, 15) is 4.79 Å². The highest BCUT2D eigenvalue weighted by atomic mass is 35.5. The molecule has 2 aromatic rings. The van der Waals surface area contributed by atoms with Gasteiger partial charge in [-0.25, -0.2) is 4.98 Å². The van der Waals surface area contributed by atoms with Crippen molar-refractivity contribution in [2.45, 2.75) is 52.0 Å². The van der Waals surface area contributed by atoms with E-state index < -0.39 is 0 Å². The van der Waals surface area contributed by atoms with Crippen LogP contribution >= 0.6 is 22.9 Å². The molecule has 21 heavy (non-hydrogen) atoms. The Balaban J connectivity index is 2.16. The lowest BCUT2D eigenvalue weighted by Gasteiger charge is -2.19. The molecule has 1 N–H and O–H groups in total. The van der Waals surface area contributed by atoms with Crippen molar-refractivity contribution in [1.29, 1.82) is 0 Å². The summed E-state index contributed by atoms with van der Waals surface area (Å²) in [7, 11) is 0. The number of halogens is 1. The second-order valence-corrected chi connectivity index (χ2v) is 6.45. The summed E-state index contributed by atoms with van der Waals surface area (Å²) in [6.07, 6.45) is 4.70. The average Bonchev–Trinajstić information content (AvgIpc) is 2.89. The molecular formula is C15H20ClN3OS. The van der Waals surface area contributed by atoms with Crippen LogP contribution in [-0.4, -0.2) is 21.8 Å². The van der Waals surface area contributed by atoms with Crippen LogP contribution in [0.1, 0.15) is 46.0 Å². The van der Waals surface area contributed by atoms with E-state index in [0.717, 1.165) is 41.7 Å². The SMILES string of the molecule is CCCC[C@H](CCC(C)=O)Nc1nc(Cl)nc2ccsc12. The number of Topliss-reactive ketones (excluding diaryl/α,β-unsaturated/α-hetero) is 1. The number of carbonyl (C=O) groups excluding carboxylic acids is 1. The van der Waals surface area contributed by atoms with Crippen molar-refractivity contribution in [1.82, 2.24) is 9.97 Å². The van der Waals surface area contributed by atoms with E-state index in [-0.39, 0.29) is 17.1 Å². The molecular weight excluding hydrogens is 306 g/mol. The first-order chi connectivity index (χ1) is 10.1. The van der Waals surface area contributed by atoms with Crippen molar-refractivity contribution in [2.24, 2.45) is 0 Å². The molecule has 0 saturated carbocycles. The van der Waals surface area contributed by atoms with Gasteiger partial charge in [-0.3, -0.25) is 0 Å². The van der Waals surface area contributed by atoms with Crippen LogP contribution in [0.3, 0.4) is 0 Å². The summed E-state index contributed by atoms with van der Waals surface area (Å²) >= 11 is 7.58. The fourth-order valence-corrected chi connectivity index (χ4v) is 3.20. The molecule has 2 rings (SSSR count). The molecule has 0 aliphatic rings. The first kappa shape index (κ1) is 16.2. The highest BCUT2D eigenvalue weighted by molar-refractivity contribution is 7.17. The number of rotatable bonds is 8. The number of nitrogens with zero attached hydrogens (tertiary/aromatic N) is 2. The molecule has 0 saturated heterocycles. The van der Waals surface area contributed by atoms with E-state index in [1.807, 2.05) is 11.4 Å². The Morgan fingerprint density at radius 1 is 1.43 bits per heavy atom. The lowest BCUT2D eigenvalue weighted by molar-refractivity contribution is -0.117. The number of anilines is 1. The number of ketones is 1. The maximum Gasteiger partial charge on any atom is 0.224 e. The maximum atomic E-state index is 11.2. The standard InChI is InChI=1S/C15H20ClN3OS/c1-3-4-5-11(7-6-10(2)20)17-14-13-12(8-9-21-13)18-15(16)19-14/h8-9,11H,3-7H2,1-2H3,(H,17,18,19)/t11-/m1/s1. The average molecular weight is 326 g/mol. The van der Waals surface area contributed by atoms with Crippen LogP contribution in [0.5, 0.6) is 0 Å². The molecule has 0 aliphatic heterocycles. The first-order valence-corrected chi connectivity index (χ1v) is 8.52. The molecule has 0 bridgehead atoms. The van der Waals surface area contributed by atoms with Gasteiger partial charge in [0.25, 0.3) is 0 Å². The molecule has 0 amide bonds. The zero-order valence-corrected chi connectivity index (χ0v) is 13.9. The summed E-state index contributed by atoms with van der Waals surface area (Å²) in [4.78, 5) is 19.8. The third kappa shape index (κ3) is 4.64. The lowest BCUT2D eigenvalue weighted by atomic mass is 10.0. The Kier molecular flexibility index (Phi) is 5.94. The predicted molar refractivity (Wildman–Crippen MR) is 89.3 cm³/mol. The van der Waals surface area contributed by atoms with Gasteiger partial charge in [0, 0.05) is 12.5 Å². The van der Waals surface area contributed by atoms with E-state index in [0.29, 0.717) is 6.42 Å². The summed E-state index contributed by atoms with van der Waals surface area (Å²) in [5.41, 5.74) is 0.864. The Hall–Kier alpha value is -1.20. The summed E-state index contributed by atoms with van der Waals surface area (Å²) in [6.45, 7) is 3.80. The predicted octanol–water partition coefficient (Wildman–Crippen LogP) is 4.68. The fraction of sp³-hybridized carbons (Fsp3) is 0.533. The highest BCUT2D eigenvalue weighted by Crippen LogP contribution is 2.28. The van der Waals surface area contributed by atoms with Crippen LogP contribution in [0.4, 0.5) is 5.82 Å². The molecule has 114 valence electrons. The first-order valence-electron chi connectivity index (χ1n) is 7.27. The smallest absolute Gasteiger partial charge is 0.224 e. The number of hydrogen-bond acceptors (Lipinski definition) is 5. The number of aromatic nitrogens is 2. The van der Waals surface area contributed by atoms with Gasteiger partial charge in [-0.05, 0) is 42.8 Å². The van der Waals surface area contributed by atoms with E-state index in [1.165, 1.54) is 0 Å². The Bertz CT molecular complexity index is 614. The van der Waals surface area contributed by atoms with Gasteiger partial charge >= 0.3 is 0 Å². The van der Waals surface area contributed by atoms with Gasteiger partial charge in [-0.15, -0.1) is 11.3 Å². The van der Waals surface area contributed by atoms with Crippen LogP contribution in [-0.2, 0) is 4.79 Å². The van der Waals surface area contributed by atoms with Crippen molar-refractivity contribution in [3.8, 4) is 0 Å². The lowest BCUT2D eigenvalue weighted by Crippen LogP contribution is -2.21. The molecule has 1 atom stereocenters. The molecule has 0 aromatic carbocycles. The molecule has 0 radical (unpaired) electrons. The summed E-state index contributed by atoms with van der Waals surface area (Å²) in [6, 6.07) is 2.18. The minimum Gasteiger partial charge on any atom is -0.366 e. The molecule has 2 heterocycles. The molecule has 0 spiro atoms. The zero-order chi connectivity index (χ0) is 15.2. The van der Waals surface area contributed by atoms with Crippen LogP contribution < -0.4 is 5.32 Å². The largest absolute Gasteiger partial charge is 0.366 e. The zero-order valence-electron chi connectivity index (χ0n) is 12.4. The van der Waals surface area contributed by atoms with Gasteiger partial charge in [-0.1, -0.05) is 19.8 Å². The van der Waals surface area contributed by atoms with E-state index in [2.05, 4.69) is 22.2 Å². The van der Waals surface area contributed by atoms with Crippen molar-refractivity contribution >= 4 is 44.8 Å². The minimum absolute atomic E-state index is 0.222. The minimum atomic E-state index is 0.222. The second kappa shape index (κ2) is 7.71. The third-order valence-corrected chi connectivity index (χ3v) is 4.45. The highest BCUT2D eigenvalue weighted by Gasteiger charge is 2.14. The van der Waals surface area contributed by atoms with Crippen LogP contribution in [0, 0.1) is 0 Å². The Morgan fingerprint density at radius 3 is 2.95 bits per heavy atom. The molecule has 0 unspecified atom stereocenters. The van der Waals surface area contributed by atoms with Gasteiger partial charge in [0.15, 0.2) is 0 Å². The van der Waals surface area contributed by atoms with Crippen molar-refractivity contribution in [2.75, 3.05) is 5.32 Å². The van der Waals surface area contributed by atoms with E-state index in [1.54, 1.807) is 18.3 Å². The number of hydrogen-bond donors (Lipinski definition) is 1. The van der Waals surface area contributed by atoms with Crippen molar-refractivity contribution in [3.05, 3.63) is 16.7 Å². The third-order valence-electron chi connectivity index (χ3n) is 3.37. The monoisotopic (exact) mass is 325 g/mol. The van der Waals surface area contributed by atoms with Crippen LogP contribution in [0.25, 0.3) is 10.2 Å². The number of thiophene rings is 1. The number of nitrogens with one attached hydrogen (secondary N) is 1. The summed E-state index contributed by atoms with van der Waals surface area (Å²) < 4.78 is 1.02. The molecule has 2 aromatic heterocycles. The summed E-state index contributed by atoms with van der Waals surface area (Å²) in [5.74, 6) is 1.00. The van der Waals surface area contributed by atoms with Gasteiger partial charge in [-0.2, -0.15) is 4.98 Å². The Labute approximate surface area is 133 Å². The van der Waals surface area contributed by atoms with Gasteiger partial charge in [0.1, 0.15) is 11.6 Å². The normalized spacial score (nSPS) is 12.5. The summed E-state index contributed by atoms with van der Waals surface area (Å²) in [5, 5.41) is 5.70. The second-order valence-electron chi connectivity index (χ2n) is 5.20. The molecule has 0 aliphatic carbocycles. The number of unbranched alkanes of at least 4 members (excludes halogenated alkanes) is 1. The van der Waals surface area contributed by atoms with Crippen LogP contribution in [0.2, 0.25) is 5.28 Å². The Morgan fingerprint density at radius 2 is 2.24 bits per heavy atom. The molecule has 4 nitrogen and oxygen atoms in total. The molecule has 6 heteroatoms. The maximum absolute atomic E-state index is 11.2. The van der Waals surface area contributed by atoms with Crippen LogP contribution in [0.15, 0.2) is 11.4 Å². The number of fused-ring (bicyclic) bond motifs is 1. The topological polar surface area (TPSA) is 54.9 Å². The van der Waals surface area contributed by atoms with E-state index >= 15 is 0 Å². The van der Waals surface area contributed by atoms with Gasteiger partial charge < -0.3 is 10.1 Å². The van der Waals surface area contributed by atoms with Crippen molar-refractivity contribution < 1.29 is 4.79 Å². The number of carbonyl (C=O) groups is 1. The quantitative estimate of drug-likeness (QED) is 0.716. The van der Waals surface area contributed by atoms with E-state index in [4.69, 9.17) is 11.6 Å². The molecule has 0 fully saturated rings. The van der Waals surface area contributed by atoms with Crippen molar-refractivity contribution in [3.63, 3.8) is 0 Å². The fourth-order valence-electron chi connectivity index (χ4n) is 2.24.